The number of aromatic nitrogens is 2. The normalized spacial score (nSPS) is 12.4. The summed E-state index contributed by atoms with van der Waals surface area (Å²) in [7, 11) is 0. The van der Waals surface area contributed by atoms with Crippen LogP contribution in [-0.2, 0) is 6.54 Å². The maximum atomic E-state index is 10.3. The minimum atomic E-state index is -0.748. The smallest absolute Gasteiger partial charge is 0.191 e. The molecule has 0 aliphatic rings. The van der Waals surface area contributed by atoms with Crippen molar-refractivity contribution in [3.8, 4) is 0 Å². The van der Waals surface area contributed by atoms with Crippen molar-refractivity contribution in [2.75, 3.05) is 13.1 Å². The lowest BCUT2D eigenvalue weighted by Gasteiger charge is -2.16. The molecule has 1 aromatic heterocycles. The highest BCUT2D eigenvalue weighted by Gasteiger charge is 2.10. The Kier molecular flexibility index (Phi) is 9.42. The molecule has 1 atom stereocenters. The van der Waals surface area contributed by atoms with Crippen LogP contribution in [0.15, 0.2) is 35.5 Å². The Bertz CT molecular complexity index is 631. The Labute approximate surface area is 168 Å². The predicted molar refractivity (Wildman–Crippen MR) is 108 cm³/mol. The van der Waals surface area contributed by atoms with E-state index < -0.39 is 6.10 Å². The van der Waals surface area contributed by atoms with Gasteiger partial charge in [0.1, 0.15) is 0 Å². The number of aliphatic hydroxyl groups excluding tert-OH is 1. The monoisotopic (exact) mass is 483 g/mol. The molecule has 4 N–H and O–H groups in total. The van der Waals surface area contributed by atoms with Crippen LogP contribution < -0.4 is 10.6 Å². The van der Waals surface area contributed by atoms with E-state index in [0.717, 1.165) is 5.69 Å². The molecule has 1 heterocycles. The molecule has 2 rings (SSSR count). The predicted octanol–water partition coefficient (Wildman–Crippen LogP) is 3.12. The van der Waals surface area contributed by atoms with E-state index in [2.05, 4.69) is 25.8 Å². The van der Waals surface area contributed by atoms with Crippen molar-refractivity contribution in [3.05, 3.63) is 51.8 Å². The van der Waals surface area contributed by atoms with E-state index in [4.69, 9.17) is 23.2 Å². The van der Waals surface area contributed by atoms with Gasteiger partial charge in [0.2, 0.25) is 0 Å². The number of guanidine groups is 1. The highest BCUT2D eigenvalue weighted by Crippen LogP contribution is 2.23. The van der Waals surface area contributed by atoms with E-state index in [-0.39, 0.29) is 30.5 Å². The Morgan fingerprint density at radius 1 is 1.29 bits per heavy atom. The van der Waals surface area contributed by atoms with Crippen LogP contribution in [0.5, 0.6) is 0 Å². The topological polar surface area (TPSA) is 85.3 Å². The molecule has 0 saturated heterocycles. The van der Waals surface area contributed by atoms with E-state index in [0.29, 0.717) is 34.7 Å². The number of benzene rings is 1. The van der Waals surface area contributed by atoms with Gasteiger partial charge < -0.3 is 15.7 Å². The van der Waals surface area contributed by atoms with Gasteiger partial charge in [0.25, 0.3) is 0 Å². The summed E-state index contributed by atoms with van der Waals surface area (Å²) in [5.74, 6) is 0.606. The van der Waals surface area contributed by atoms with Crippen molar-refractivity contribution in [2.24, 2.45) is 4.99 Å². The first-order valence-corrected chi connectivity index (χ1v) is 7.98. The van der Waals surface area contributed by atoms with Crippen molar-refractivity contribution in [2.45, 2.75) is 19.6 Å². The molecule has 24 heavy (non-hydrogen) atoms. The molecule has 0 radical (unpaired) electrons. The van der Waals surface area contributed by atoms with Crippen molar-refractivity contribution < 1.29 is 5.11 Å². The Hall–Kier alpha value is -1.03. The van der Waals surface area contributed by atoms with Crippen molar-refractivity contribution in [3.63, 3.8) is 0 Å². The Morgan fingerprint density at radius 3 is 2.58 bits per heavy atom. The largest absolute Gasteiger partial charge is 0.387 e. The van der Waals surface area contributed by atoms with Crippen LogP contribution in [0.4, 0.5) is 0 Å². The summed E-state index contributed by atoms with van der Waals surface area (Å²) in [6, 6.07) is 6.86. The lowest BCUT2D eigenvalue weighted by atomic mass is 10.1. The number of hydrogen-bond donors (Lipinski definition) is 4. The second-order valence-corrected chi connectivity index (χ2v) is 5.75. The van der Waals surface area contributed by atoms with E-state index in [1.807, 2.05) is 13.0 Å². The van der Waals surface area contributed by atoms with Crippen LogP contribution in [0.2, 0.25) is 10.0 Å². The van der Waals surface area contributed by atoms with Gasteiger partial charge in [-0.3, -0.25) is 5.10 Å². The summed E-state index contributed by atoms with van der Waals surface area (Å²) >= 11 is 11.9. The van der Waals surface area contributed by atoms with Crippen molar-refractivity contribution >= 4 is 53.1 Å². The lowest BCUT2D eigenvalue weighted by molar-refractivity contribution is 0.181. The quantitative estimate of drug-likeness (QED) is 0.289. The number of aromatic amines is 1. The molecule has 1 unspecified atom stereocenters. The van der Waals surface area contributed by atoms with Gasteiger partial charge in [-0.2, -0.15) is 5.10 Å². The van der Waals surface area contributed by atoms with Gasteiger partial charge in [0.05, 0.1) is 18.3 Å². The molecule has 0 aliphatic carbocycles. The van der Waals surface area contributed by atoms with E-state index in [1.54, 1.807) is 24.4 Å². The maximum absolute atomic E-state index is 10.3. The zero-order valence-electron chi connectivity index (χ0n) is 13.1. The van der Waals surface area contributed by atoms with Gasteiger partial charge in [-0.25, -0.2) is 4.99 Å². The number of hydrogen-bond acceptors (Lipinski definition) is 3. The number of rotatable bonds is 6. The molecule has 0 amide bonds. The third-order valence-corrected chi connectivity index (χ3v) is 3.48. The number of halogens is 3. The molecule has 6 nitrogen and oxygen atoms in total. The summed E-state index contributed by atoms with van der Waals surface area (Å²) in [6.45, 7) is 3.44. The molecule has 0 fully saturated rings. The molecule has 1 aromatic carbocycles. The average molecular weight is 484 g/mol. The SMILES string of the molecule is CCNC(=NCc1ccn[nH]1)NCC(O)c1cc(Cl)cc(Cl)c1.I. The van der Waals surface area contributed by atoms with Crippen LogP contribution in [-0.4, -0.2) is 34.4 Å². The fourth-order valence-corrected chi connectivity index (χ4v) is 2.50. The number of aliphatic imine (C=N–C) groups is 1. The second-order valence-electron chi connectivity index (χ2n) is 4.88. The molecule has 0 aliphatic heterocycles. The zero-order valence-corrected chi connectivity index (χ0v) is 16.9. The van der Waals surface area contributed by atoms with Crippen LogP contribution in [0.1, 0.15) is 24.3 Å². The fourth-order valence-electron chi connectivity index (χ4n) is 1.96. The van der Waals surface area contributed by atoms with Crippen LogP contribution >= 0.6 is 47.2 Å². The third-order valence-electron chi connectivity index (χ3n) is 3.04. The molecule has 9 heteroatoms. The minimum Gasteiger partial charge on any atom is -0.387 e. The first-order valence-electron chi connectivity index (χ1n) is 7.23. The Morgan fingerprint density at radius 2 is 2.00 bits per heavy atom. The summed E-state index contributed by atoms with van der Waals surface area (Å²) in [5.41, 5.74) is 1.56. The average Bonchev–Trinajstić information content (AvgIpc) is 3.02. The molecule has 132 valence electrons. The summed E-state index contributed by atoms with van der Waals surface area (Å²) < 4.78 is 0. The molecule has 0 spiro atoms. The summed E-state index contributed by atoms with van der Waals surface area (Å²) in [4.78, 5) is 4.42. The third kappa shape index (κ3) is 6.84. The van der Waals surface area contributed by atoms with Gasteiger partial charge in [0.15, 0.2) is 5.96 Å². The van der Waals surface area contributed by atoms with Gasteiger partial charge in [-0.1, -0.05) is 23.2 Å². The lowest BCUT2D eigenvalue weighted by Crippen LogP contribution is -2.39. The standard InChI is InChI=1S/C15H19Cl2N5O.HI/c1-2-18-15(19-8-13-3-4-21-22-13)20-9-14(23)10-5-11(16)7-12(17)6-10;/h3-7,14,23H,2,8-9H2,1H3,(H,21,22)(H2,18,19,20);1H. The van der Waals surface area contributed by atoms with Crippen LogP contribution in [0.3, 0.4) is 0 Å². The fraction of sp³-hybridized carbons (Fsp3) is 0.333. The van der Waals surface area contributed by atoms with Crippen molar-refractivity contribution in [1.29, 1.82) is 0 Å². The molecular formula is C15H20Cl2IN5O. The number of aliphatic hydroxyl groups is 1. The summed E-state index contributed by atoms with van der Waals surface area (Å²) in [6.07, 6.45) is 0.930. The number of nitrogens with zero attached hydrogens (tertiary/aromatic N) is 2. The van der Waals surface area contributed by atoms with Crippen LogP contribution in [0, 0.1) is 0 Å². The number of H-pyrrole nitrogens is 1. The molecular weight excluding hydrogens is 464 g/mol. The highest BCUT2D eigenvalue weighted by atomic mass is 127. The minimum absolute atomic E-state index is 0. The highest BCUT2D eigenvalue weighted by molar-refractivity contribution is 14.0. The van der Waals surface area contributed by atoms with E-state index in [1.165, 1.54) is 0 Å². The first-order chi connectivity index (χ1) is 11.1. The molecule has 0 saturated carbocycles. The van der Waals surface area contributed by atoms with Gasteiger partial charge in [-0.05, 0) is 36.8 Å². The van der Waals surface area contributed by atoms with Crippen molar-refractivity contribution in [1.82, 2.24) is 20.8 Å². The number of nitrogens with one attached hydrogen (secondary N) is 3. The Balaban J connectivity index is 0.00000288. The van der Waals surface area contributed by atoms with E-state index >= 15 is 0 Å². The first kappa shape index (κ1) is 21.0. The zero-order chi connectivity index (χ0) is 16.7. The van der Waals surface area contributed by atoms with Gasteiger partial charge in [-0.15, -0.1) is 24.0 Å². The maximum Gasteiger partial charge on any atom is 0.191 e. The van der Waals surface area contributed by atoms with E-state index in [9.17, 15) is 5.11 Å². The molecule has 2 aromatic rings. The van der Waals surface area contributed by atoms with Crippen LogP contribution in [0.25, 0.3) is 0 Å². The van der Waals surface area contributed by atoms with Gasteiger partial charge in [0, 0.05) is 29.3 Å². The summed E-state index contributed by atoms with van der Waals surface area (Å²) in [5, 5.41) is 24.2. The van der Waals surface area contributed by atoms with Gasteiger partial charge >= 0.3 is 0 Å². The molecule has 0 bridgehead atoms. The second kappa shape index (κ2) is 10.8.